The van der Waals surface area contributed by atoms with Gasteiger partial charge in [0.25, 0.3) is 0 Å². The van der Waals surface area contributed by atoms with E-state index in [0.717, 1.165) is 19.3 Å². The van der Waals surface area contributed by atoms with Crippen LogP contribution in [0.15, 0.2) is 0 Å². The van der Waals surface area contributed by atoms with Crippen molar-refractivity contribution >= 4 is 5.91 Å². The standard InChI is InChI=1S/C12H24N2O2/c1-16-9-11(13)7-8-14-12(15)10-5-3-2-4-6-10/h10-11H,2-9,13H2,1H3,(H,14,15). The van der Waals surface area contributed by atoms with E-state index in [1.54, 1.807) is 7.11 Å². The van der Waals surface area contributed by atoms with Gasteiger partial charge in [-0.25, -0.2) is 0 Å². The first-order chi connectivity index (χ1) is 7.74. The third kappa shape index (κ3) is 4.94. The maximum absolute atomic E-state index is 11.8. The van der Waals surface area contributed by atoms with Gasteiger partial charge in [-0.05, 0) is 19.3 Å². The number of hydrogen-bond donors (Lipinski definition) is 2. The zero-order chi connectivity index (χ0) is 11.8. The van der Waals surface area contributed by atoms with Crippen molar-refractivity contribution in [3.05, 3.63) is 0 Å². The maximum Gasteiger partial charge on any atom is 0.223 e. The number of nitrogens with two attached hydrogens (primary N) is 1. The Morgan fingerprint density at radius 3 is 2.75 bits per heavy atom. The molecule has 0 aromatic heterocycles. The zero-order valence-corrected chi connectivity index (χ0v) is 10.2. The van der Waals surface area contributed by atoms with Crippen LogP contribution in [0, 0.1) is 5.92 Å². The highest BCUT2D eigenvalue weighted by molar-refractivity contribution is 5.78. The summed E-state index contributed by atoms with van der Waals surface area (Å²) in [6.07, 6.45) is 6.56. The molecular formula is C12H24N2O2. The van der Waals surface area contributed by atoms with Crippen LogP contribution in [-0.4, -0.2) is 32.2 Å². The van der Waals surface area contributed by atoms with Gasteiger partial charge in [-0.2, -0.15) is 0 Å². The predicted octanol–water partition coefficient (Wildman–Crippen LogP) is 1.05. The van der Waals surface area contributed by atoms with E-state index in [1.165, 1.54) is 19.3 Å². The summed E-state index contributed by atoms with van der Waals surface area (Å²) in [5, 5.41) is 2.97. The highest BCUT2D eigenvalue weighted by Gasteiger charge is 2.20. The molecule has 16 heavy (non-hydrogen) atoms. The average molecular weight is 228 g/mol. The Hall–Kier alpha value is -0.610. The summed E-state index contributed by atoms with van der Waals surface area (Å²) in [5.74, 6) is 0.455. The summed E-state index contributed by atoms with van der Waals surface area (Å²) >= 11 is 0. The topological polar surface area (TPSA) is 64.3 Å². The molecule has 0 radical (unpaired) electrons. The number of hydrogen-bond acceptors (Lipinski definition) is 3. The number of amides is 1. The van der Waals surface area contributed by atoms with E-state index >= 15 is 0 Å². The van der Waals surface area contributed by atoms with E-state index in [0.29, 0.717) is 13.2 Å². The molecule has 1 rings (SSSR count). The molecule has 0 saturated heterocycles. The Kier molecular flexibility index (Phi) is 6.42. The second-order valence-corrected chi connectivity index (χ2v) is 4.63. The molecule has 1 aliphatic rings. The van der Waals surface area contributed by atoms with E-state index in [1.807, 2.05) is 0 Å². The van der Waals surface area contributed by atoms with Gasteiger partial charge in [-0.3, -0.25) is 4.79 Å². The fourth-order valence-electron chi connectivity index (χ4n) is 2.19. The van der Waals surface area contributed by atoms with Crippen molar-refractivity contribution in [1.29, 1.82) is 0 Å². The smallest absolute Gasteiger partial charge is 0.223 e. The number of ether oxygens (including phenoxy) is 1. The molecule has 0 aliphatic heterocycles. The van der Waals surface area contributed by atoms with E-state index in [9.17, 15) is 4.79 Å². The molecule has 1 amide bonds. The van der Waals surface area contributed by atoms with Crippen LogP contribution in [-0.2, 0) is 9.53 Å². The van der Waals surface area contributed by atoms with Gasteiger partial charge < -0.3 is 15.8 Å². The van der Waals surface area contributed by atoms with E-state index in [-0.39, 0.29) is 17.9 Å². The second kappa shape index (κ2) is 7.63. The molecule has 1 atom stereocenters. The minimum absolute atomic E-state index is 0.0247. The van der Waals surface area contributed by atoms with E-state index in [4.69, 9.17) is 10.5 Å². The Labute approximate surface area is 97.9 Å². The van der Waals surface area contributed by atoms with Crippen molar-refractivity contribution in [2.75, 3.05) is 20.3 Å². The van der Waals surface area contributed by atoms with Crippen LogP contribution in [0.3, 0.4) is 0 Å². The highest BCUT2D eigenvalue weighted by atomic mass is 16.5. The van der Waals surface area contributed by atoms with Gasteiger partial charge in [0, 0.05) is 25.6 Å². The monoisotopic (exact) mass is 228 g/mol. The molecule has 1 saturated carbocycles. The molecule has 1 aliphatic carbocycles. The minimum atomic E-state index is 0.0247. The predicted molar refractivity (Wildman–Crippen MR) is 64.1 cm³/mol. The molecule has 94 valence electrons. The first-order valence-corrected chi connectivity index (χ1v) is 6.26. The number of methoxy groups -OCH3 is 1. The molecule has 3 N–H and O–H groups in total. The fraction of sp³-hybridized carbons (Fsp3) is 0.917. The normalized spacial score (nSPS) is 19.4. The van der Waals surface area contributed by atoms with Crippen LogP contribution in [0.4, 0.5) is 0 Å². The highest BCUT2D eigenvalue weighted by Crippen LogP contribution is 2.23. The Morgan fingerprint density at radius 2 is 2.12 bits per heavy atom. The van der Waals surface area contributed by atoms with Crippen LogP contribution in [0.25, 0.3) is 0 Å². The largest absolute Gasteiger partial charge is 0.383 e. The van der Waals surface area contributed by atoms with Gasteiger partial charge in [-0.15, -0.1) is 0 Å². The lowest BCUT2D eigenvalue weighted by atomic mass is 9.88. The van der Waals surface area contributed by atoms with Crippen LogP contribution >= 0.6 is 0 Å². The summed E-state index contributed by atoms with van der Waals surface area (Å²) in [5.41, 5.74) is 5.77. The quantitative estimate of drug-likeness (QED) is 0.714. The number of carbonyl (C=O) groups is 1. The number of rotatable bonds is 6. The molecule has 4 nitrogen and oxygen atoms in total. The van der Waals surface area contributed by atoms with Crippen LogP contribution in [0.2, 0.25) is 0 Å². The van der Waals surface area contributed by atoms with Gasteiger partial charge in [0.2, 0.25) is 5.91 Å². The molecule has 1 fully saturated rings. The number of carbonyl (C=O) groups excluding carboxylic acids is 1. The molecular weight excluding hydrogens is 204 g/mol. The zero-order valence-electron chi connectivity index (χ0n) is 10.2. The van der Waals surface area contributed by atoms with Crippen molar-refractivity contribution in [1.82, 2.24) is 5.32 Å². The van der Waals surface area contributed by atoms with Crippen molar-refractivity contribution in [3.63, 3.8) is 0 Å². The SMILES string of the molecule is COCC(N)CCNC(=O)C1CCCCC1. The van der Waals surface area contributed by atoms with E-state index < -0.39 is 0 Å². The molecule has 0 bridgehead atoms. The third-order valence-electron chi connectivity index (χ3n) is 3.17. The van der Waals surface area contributed by atoms with Crippen molar-refractivity contribution in [2.24, 2.45) is 11.7 Å². The molecule has 0 aromatic rings. The maximum atomic E-state index is 11.8. The first-order valence-electron chi connectivity index (χ1n) is 6.26. The van der Waals surface area contributed by atoms with Crippen molar-refractivity contribution in [2.45, 2.75) is 44.6 Å². The fourth-order valence-corrected chi connectivity index (χ4v) is 2.19. The Morgan fingerprint density at radius 1 is 1.44 bits per heavy atom. The second-order valence-electron chi connectivity index (χ2n) is 4.63. The lowest BCUT2D eigenvalue weighted by molar-refractivity contribution is -0.125. The Balaban J connectivity index is 2.09. The Bertz CT molecular complexity index is 203. The van der Waals surface area contributed by atoms with Gasteiger partial charge >= 0.3 is 0 Å². The van der Waals surface area contributed by atoms with Crippen molar-refractivity contribution in [3.8, 4) is 0 Å². The van der Waals surface area contributed by atoms with Crippen LogP contribution in [0.1, 0.15) is 38.5 Å². The summed E-state index contributed by atoms with van der Waals surface area (Å²) in [6, 6.07) is 0.0247. The van der Waals surface area contributed by atoms with E-state index in [2.05, 4.69) is 5.32 Å². The van der Waals surface area contributed by atoms with Gasteiger partial charge in [-0.1, -0.05) is 19.3 Å². The van der Waals surface area contributed by atoms with Gasteiger partial charge in [0.15, 0.2) is 0 Å². The summed E-state index contributed by atoms with van der Waals surface area (Å²) in [7, 11) is 1.64. The van der Waals surface area contributed by atoms with Gasteiger partial charge in [0.1, 0.15) is 0 Å². The molecule has 0 aromatic carbocycles. The van der Waals surface area contributed by atoms with Crippen LogP contribution < -0.4 is 11.1 Å². The lowest BCUT2D eigenvalue weighted by Gasteiger charge is -2.21. The molecule has 4 heteroatoms. The van der Waals surface area contributed by atoms with Crippen LogP contribution in [0.5, 0.6) is 0 Å². The third-order valence-corrected chi connectivity index (χ3v) is 3.17. The summed E-state index contributed by atoms with van der Waals surface area (Å²) < 4.78 is 4.94. The molecule has 0 heterocycles. The molecule has 0 spiro atoms. The minimum Gasteiger partial charge on any atom is -0.383 e. The average Bonchev–Trinajstić information content (AvgIpc) is 2.30. The lowest BCUT2D eigenvalue weighted by Crippen LogP contribution is -2.36. The van der Waals surface area contributed by atoms with Gasteiger partial charge in [0.05, 0.1) is 6.61 Å². The van der Waals surface area contributed by atoms with Crippen molar-refractivity contribution < 1.29 is 9.53 Å². The summed E-state index contributed by atoms with van der Waals surface area (Å²) in [4.78, 5) is 11.8. The first kappa shape index (κ1) is 13.5. The number of nitrogens with one attached hydrogen (secondary N) is 1. The summed E-state index contributed by atoms with van der Waals surface area (Å²) in [6.45, 7) is 1.22. The molecule has 1 unspecified atom stereocenters.